The molecule has 0 unspecified atom stereocenters. The molecular weight excluding hydrogens is 432 g/mol. The van der Waals surface area contributed by atoms with Crippen LogP contribution in [0.5, 0.6) is 0 Å². The first-order valence-electron chi connectivity index (χ1n) is 10.4. The van der Waals surface area contributed by atoms with E-state index in [-0.39, 0.29) is 11.7 Å². The Balaban J connectivity index is 1.57. The number of fused-ring (bicyclic) bond motifs is 2. The summed E-state index contributed by atoms with van der Waals surface area (Å²) in [6, 6.07) is 5.31. The van der Waals surface area contributed by atoms with Crippen molar-refractivity contribution in [3.8, 4) is 0 Å². The van der Waals surface area contributed by atoms with Crippen molar-refractivity contribution in [3.63, 3.8) is 0 Å². The maximum absolute atomic E-state index is 13.2. The largest absolute Gasteiger partial charge is 0.378 e. The minimum atomic E-state index is -2.98. The summed E-state index contributed by atoms with van der Waals surface area (Å²) in [7, 11) is -2.98. The van der Waals surface area contributed by atoms with Gasteiger partial charge in [-0.3, -0.25) is 13.9 Å². The Hall–Kier alpha value is -2.86. The summed E-state index contributed by atoms with van der Waals surface area (Å²) in [6.07, 6.45) is 4.83. The standard InChI is InChI=1S/C21H26N6O4S/c1-21(2)13-32(29,30)18-11-17(26-6-8-31-9-7-26)15(10-16(18)25-21)24-20(28)14-12-23-27-5-3-4-22-19(14)27/h3-5,10-12,25,29-30H,6-9,13H2,1-2H3,(H,24,28). The molecule has 0 radical (unpaired) electrons. The molecule has 0 spiro atoms. The van der Waals surface area contributed by atoms with Gasteiger partial charge in [0.2, 0.25) is 0 Å². The molecule has 2 aliphatic heterocycles. The van der Waals surface area contributed by atoms with Crippen LogP contribution in [0, 0.1) is 0 Å². The van der Waals surface area contributed by atoms with Gasteiger partial charge in [0.25, 0.3) is 5.91 Å². The highest BCUT2D eigenvalue weighted by Gasteiger charge is 2.37. The molecule has 10 nitrogen and oxygen atoms in total. The number of hydrogen-bond donors (Lipinski definition) is 4. The molecule has 1 saturated heterocycles. The Kier molecular flexibility index (Phi) is 5.01. The summed E-state index contributed by atoms with van der Waals surface area (Å²) >= 11 is 0. The van der Waals surface area contributed by atoms with Gasteiger partial charge in [-0.05, 0) is 32.0 Å². The summed E-state index contributed by atoms with van der Waals surface area (Å²) in [5, 5.41) is 10.6. The number of amides is 1. The van der Waals surface area contributed by atoms with Crippen LogP contribution in [0.2, 0.25) is 0 Å². The number of ether oxygens (including phenoxy) is 1. The van der Waals surface area contributed by atoms with Gasteiger partial charge in [-0.15, -0.1) is 0 Å². The van der Waals surface area contributed by atoms with Crippen molar-refractivity contribution in [2.24, 2.45) is 0 Å². The highest BCUT2D eigenvalue weighted by atomic mass is 32.3. The number of morpholine rings is 1. The Bertz CT molecular complexity index is 1190. The molecule has 2 aromatic heterocycles. The molecule has 0 atom stereocenters. The fourth-order valence-electron chi connectivity index (χ4n) is 4.26. The lowest BCUT2D eigenvalue weighted by atomic mass is 10.1. The Morgan fingerprint density at radius 3 is 2.84 bits per heavy atom. The monoisotopic (exact) mass is 458 g/mol. The van der Waals surface area contributed by atoms with Gasteiger partial charge in [-0.2, -0.15) is 15.7 Å². The second-order valence-electron chi connectivity index (χ2n) is 8.69. The topological polar surface area (TPSA) is 124 Å². The molecule has 0 bridgehead atoms. The molecule has 3 aromatic rings. The van der Waals surface area contributed by atoms with Gasteiger partial charge < -0.3 is 20.3 Å². The second kappa shape index (κ2) is 7.62. The van der Waals surface area contributed by atoms with Crippen molar-refractivity contribution >= 4 is 39.2 Å². The van der Waals surface area contributed by atoms with Gasteiger partial charge in [0.15, 0.2) is 5.65 Å². The average Bonchev–Trinajstić information content (AvgIpc) is 3.17. The van der Waals surface area contributed by atoms with Gasteiger partial charge >= 0.3 is 0 Å². The molecule has 4 N–H and O–H groups in total. The van der Waals surface area contributed by atoms with Crippen LogP contribution in [0.15, 0.2) is 41.7 Å². The lowest BCUT2D eigenvalue weighted by molar-refractivity contribution is 0.102. The molecule has 170 valence electrons. The number of rotatable bonds is 3. The molecule has 1 aromatic carbocycles. The molecule has 2 aliphatic rings. The average molecular weight is 459 g/mol. The van der Waals surface area contributed by atoms with Crippen molar-refractivity contribution in [3.05, 3.63) is 42.4 Å². The summed E-state index contributed by atoms with van der Waals surface area (Å²) in [5.74, 6) is -0.121. The van der Waals surface area contributed by atoms with Gasteiger partial charge in [0.05, 0.1) is 47.1 Å². The predicted octanol–water partition coefficient (Wildman–Crippen LogP) is 3.13. The normalized spacial score (nSPS) is 20.3. The highest BCUT2D eigenvalue weighted by molar-refractivity contribution is 8.24. The predicted molar refractivity (Wildman–Crippen MR) is 124 cm³/mol. The number of carbonyl (C=O) groups is 1. The lowest BCUT2D eigenvalue weighted by Crippen LogP contribution is -2.41. The fourth-order valence-corrected chi connectivity index (χ4v) is 6.26. The molecule has 5 rings (SSSR count). The van der Waals surface area contributed by atoms with Crippen LogP contribution in [0.1, 0.15) is 24.2 Å². The summed E-state index contributed by atoms with van der Waals surface area (Å²) in [4.78, 5) is 20.0. The van der Waals surface area contributed by atoms with Gasteiger partial charge in [-0.1, -0.05) is 0 Å². The number of aromatic nitrogens is 3. The number of hydrogen-bond acceptors (Lipinski definition) is 8. The third kappa shape index (κ3) is 3.77. The van der Waals surface area contributed by atoms with Crippen molar-refractivity contribution in [2.45, 2.75) is 24.3 Å². The molecule has 32 heavy (non-hydrogen) atoms. The second-order valence-corrected chi connectivity index (χ2v) is 10.7. The molecule has 1 amide bonds. The van der Waals surface area contributed by atoms with E-state index in [2.05, 4.69) is 25.6 Å². The quantitative estimate of drug-likeness (QED) is 0.472. The number of anilines is 3. The lowest BCUT2D eigenvalue weighted by Gasteiger charge is -2.47. The maximum Gasteiger partial charge on any atom is 0.261 e. The number of nitrogens with one attached hydrogen (secondary N) is 2. The fraction of sp³-hybridized carbons (Fsp3) is 0.381. The van der Waals surface area contributed by atoms with E-state index in [4.69, 9.17) is 4.74 Å². The van der Waals surface area contributed by atoms with Crippen LogP contribution >= 0.6 is 10.6 Å². The van der Waals surface area contributed by atoms with Crippen molar-refractivity contribution < 1.29 is 18.6 Å². The van der Waals surface area contributed by atoms with E-state index in [1.807, 2.05) is 13.8 Å². The first-order valence-corrected chi connectivity index (χ1v) is 12.1. The van der Waals surface area contributed by atoms with Gasteiger partial charge in [-0.25, -0.2) is 9.50 Å². The first-order chi connectivity index (χ1) is 15.2. The summed E-state index contributed by atoms with van der Waals surface area (Å²) in [6.45, 7) is 6.23. The van der Waals surface area contributed by atoms with Crippen LogP contribution in [-0.4, -0.2) is 67.2 Å². The molecule has 0 aliphatic carbocycles. The third-order valence-corrected chi connectivity index (χ3v) is 7.78. The van der Waals surface area contributed by atoms with Crippen LogP contribution < -0.4 is 15.5 Å². The van der Waals surface area contributed by atoms with Crippen molar-refractivity contribution in [1.29, 1.82) is 0 Å². The number of nitrogens with zero attached hydrogens (tertiary/aromatic N) is 4. The Labute approximate surface area is 186 Å². The minimum Gasteiger partial charge on any atom is -0.378 e. The van der Waals surface area contributed by atoms with Crippen LogP contribution in [-0.2, 0) is 4.74 Å². The van der Waals surface area contributed by atoms with E-state index in [0.717, 1.165) is 5.69 Å². The molecule has 11 heteroatoms. The van der Waals surface area contributed by atoms with Gasteiger partial charge in [0.1, 0.15) is 5.56 Å². The van der Waals surface area contributed by atoms with Gasteiger partial charge in [0, 0.05) is 31.0 Å². The molecule has 4 heterocycles. The number of benzene rings is 1. The Morgan fingerprint density at radius 2 is 2.06 bits per heavy atom. The van der Waals surface area contributed by atoms with E-state index < -0.39 is 16.1 Å². The molecule has 1 fully saturated rings. The first kappa shape index (κ1) is 21.0. The van der Waals surface area contributed by atoms with Crippen LogP contribution in [0.3, 0.4) is 0 Å². The zero-order valence-electron chi connectivity index (χ0n) is 17.9. The van der Waals surface area contributed by atoms with Crippen LogP contribution in [0.4, 0.5) is 17.1 Å². The minimum absolute atomic E-state index is 0.218. The third-order valence-electron chi connectivity index (χ3n) is 5.61. The SMILES string of the molecule is CC1(C)CS(O)(O)c2cc(N3CCOCC3)c(NC(=O)c3cnn4cccnc34)cc2N1. The van der Waals surface area contributed by atoms with Crippen LogP contribution in [0.25, 0.3) is 5.65 Å². The van der Waals surface area contributed by atoms with E-state index in [0.29, 0.717) is 53.8 Å². The van der Waals surface area contributed by atoms with E-state index in [9.17, 15) is 13.9 Å². The summed E-state index contributed by atoms with van der Waals surface area (Å²) in [5.41, 5.74) is 2.22. The number of carbonyl (C=O) groups excluding carboxylic acids is 1. The zero-order chi connectivity index (χ0) is 22.5. The van der Waals surface area contributed by atoms with E-state index in [1.165, 1.54) is 6.20 Å². The van der Waals surface area contributed by atoms with E-state index >= 15 is 0 Å². The van der Waals surface area contributed by atoms with E-state index in [1.54, 1.807) is 35.1 Å². The molecular formula is C21H26N6O4S. The Morgan fingerprint density at radius 1 is 1.28 bits per heavy atom. The zero-order valence-corrected chi connectivity index (χ0v) is 18.7. The van der Waals surface area contributed by atoms with Crippen molar-refractivity contribution in [2.75, 3.05) is 47.6 Å². The summed E-state index contributed by atoms with van der Waals surface area (Å²) < 4.78 is 28.8. The maximum atomic E-state index is 13.2. The van der Waals surface area contributed by atoms with Crippen molar-refractivity contribution in [1.82, 2.24) is 14.6 Å². The molecule has 0 saturated carbocycles. The smallest absolute Gasteiger partial charge is 0.261 e. The highest BCUT2D eigenvalue weighted by Crippen LogP contribution is 2.58.